The van der Waals surface area contributed by atoms with Gasteiger partial charge in [-0.25, -0.2) is 0 Å². The first-order valence-electron chi connectivity index (χ1n) is 8.07. The maximum absolute atomic E-state index is 10.1. The zero-order valence-electron chi connectivity index (χ0n) is 12.2. The van der Waals surface area contributed by atoms with E-state index < -0.39 is 0 Å². The van der Waals surface area contributed by atoms with Gasteiger partial charge in [-0.05, 0) is 37.8 Å². The van der Waals surface area contributed by atoms with E-state index in [9.17, 15) is 5.11 Å². The van der Waals surface area contributed by atoms with Crippen molar-refractivity contribution >= 4 is 5.69 Å². The van der Waals surface area contributed by atoms with Crippen LogP contribution in [0.3, 0.4) is 0 Å². The molecule has 3 heteroatoms. The third-order valence-corrected chi connectivity index (χ3v) is 4.80. The van der Waals surface area contributed by atoms with Crippen LogP contribution in [0, 0.1) is 0 Å². The van der Waals surface area contributed by atoms with Crippen molar-refractivity contribution in [3.05, 3.63) is 30.3 Å². The molecule has 0 spiro atoms. The van der Waals surface area contributed by atoms with Crippen molar-refractivity contribution in [3.8, 4) is 0 Å². The number of piperidine rings is 1. The first kappa shape index (κ1) is 13.9. The van der Waals surface area contributed by atoms with Gasteiger partial charge in [-0.3, -0.25) is 0 Å². The second-order valence-corrected chi connectivity index (χ2v) is 6.22. The molecule has 3 rings (SSSR count). The lowest BCUT2D eigenvalue weighted by Gasteiger charge is -2.38. The van der Waals surface area contributed by atoms with Gasteiger partial charge < -0.3 is 15.3 Å². The zero-order valence-corrected chi connectivity index (χ0v) is 12.2. The molecule has 2 N–H and O–H groups in total. The zero-order chi connectivity index (χ0) is 13.8. The number of rotatable bonds is 3. The van der Waals surface area contributed by atoms with Crippen LogP contribution in [0.4, 0.5) is 5.69 Å². The van der Waals surface area contributed by atoms with Crippen LogP contribution in [0.25, 0.3) is 0 Å². The van der Waals surface area contributed by atoms with Gasteiger partial charge in [-0.1, -0.05) is 31.0 Å². The monoisotopic (exact) mass is 274 g/mol. The van der Waals surface area contributed by atoms with Gasteiger partial charge in [-0.15, -0.1) is 0 Å². The number of nitrogens with one attached hydrogen (secondary N) is 1. The second-order valence-electron chi connectivity index (χ2n) is 6.22. The Labute approximate surface area is 122 Å². The van der Waals surface area contributed by atoms with Crippen molar-refractivity contribution < 1.29 is 5.11 Å². The van der Waals surface area contributed by atoms with Crippen molar-refractivity contribution in [2.45, 2.75) is 56.7 Å². The van der Waals surface area contributed by atoms with Crippen molar-refractivity contribution in [2.75, 3.05) is 18.0 Å². The van der Waals surface area contributed by atoms with E-state index in [1.54, 1.807) is 0 Å². The SMILES string of the molecule is OC1CCCCC1NC1CCN(c2ccccc2)CC1. The van der Waals surface area contributed by atoms with Gasteiger partial charge in [0.05, 0.1) is 6.10 Å². The fourth-order valence-electron chi connectivity index (χ4n) is 3.55. The average molecular weight is 274 g/mol. The van der Waals surface area contributed by atoms with Crippen LogP contribution in [0.1, 0.15) is 38.5 Å². The molecule has 0 amide bonds. The van der Waals surface area contributed by atoms with Gasteiger partial charge >= 0.3 is 0 Å². The minimum Gasteiger partial charge on any atom is -0.392 e. The van der Waals surface area contributed by atoms with Crippen molar-refractivity contribution in [1.29, 1.82) is 0 Å². The van der Waals surface area contributed by atoms with Crippen LogP contribution >= 0.6 is 0 Å². The van der Waals surface area contributed by atoms with E-state index >= 15 is 0 Å². The number of anilines is 1. The molecule has 20 heavy (non-hydrogen) atoms. The predicted octanol–water partition coefficient (Wildman–Crippen LogP) is 2.55. The molecule has 1 saturated heterocycles. The molecular formula is C17H26N2O. The van der Waals surface area contributed by atoms with Crippen LogP contribution in [0.15, 0.2) is 30.3 Å². The van der Waals surface area contributed by atoms with Crippen molar-refractivity contribution in [3.63, 3.8) is 0 Å². The first-order chi connectivity index (χ1) is 9.83. The Hall–Kier alpha value is -1.06. The van der Waals surface area contributed by atoms with E-state index in [1.807, 2.05) is 0 Å². The van der Waals surface area contributed by atoms with E-state index in [2.05, 4.69) is 40.5 Å². The number of benzene rings is 1. The average Bonchev–Trinajstić information content (AvgIpc) is 2.51. The van der Waals surface area contributed by atoms with Gasteiger partial charge in [0.15, 0.2) is 0 Å². The summed E-state index contributed by atoms with van der Waals surface area (Å²) in [6.07, 6.45) is 6.79. The molecule has 0 aromatic heterocycles. The molecule has 2 aliphatic rings. The normalized spacial score (nSPS) is 28.6. The summed E-state index contributed by atoms with van der Waals surface area (Å²) in [4.78, 5) is 2.47. The fraction of sp³-hybridized carbons (Fsp3) is 0.647. The maximum atomic E-state index is 10.1. The van der Waals surface area contributed by atoms with E-state index in [0.29, 0.717) is 12.1 Å². The van der Waals surface area contributed by atoms with E-state index in [0.717, 1.165) is 25.9 Å². The molecular weight excluding hydrogens is 248 g/mol. The number of para-hydroxylation sites is 1. The maximum Gasteiger partial charge on any atom is 0.0693 e. The quantitative estimate of drug-likeness (QED) is 0.889. The fourth-order valence-corrected chi connectivity index (χ4v) is 3.55. The molecule has 1 aliphatic heterocycles. The van der Waals surface area contributed by atoms with E-state index in [1.165, 1.54) is 31.4 Å². The smallest absolute Gasteiger partial charge is 0.0693 e. The Bertz CT molecular complexity index is 401. The highest BCUT2D eigenvalue weighted by atomic mass is 16.3. The van der Waals surface area contributed by atoms with Gasteiger partial charge in [-0.2, -0.15) is 0 Å². The summed E-state index contributed by atoms with van der Waals surface area (Å²) in [5.41, 5.74) is 1.34. The second kappa shape index (κ2) is 6.59. The minimum atomic E-state index is -0.129. The summed E-state index contributed by atoms with van der Waals surface area (Å²) in [5.74, 6) is 0. The minimum absolute atomic E-state index is 0.129. The van der Waals surface area contributed by atoms with Crippen molar-refractivity contribution in [2.24, 2.45) is 0 Å². The number of nitrogens with zero attached hydrogens (tertiary/aromatic N) is 1. The molecule has 3 nitrogen and oxygen atoms in total. The highest BCUT2D eigenvalue weighted by Gasteiger charge is 2.27. The summed E-state index contributed by atoms with van der Waals surface area (Å²) in [6, 6.07) is 11.6. The van der Waals surface area contributed by atoms with Gasteiger partial charge in [0.2, 0.25) is 0 Å². The highest BCUT2D eigenvalue weighted by Crippen LogP contribution is 2.23. The molecule has 1 aromatic carbocycles. The molecule has 2 fully saturated rings. The molecule has 1 saturated carbocycles. The molecule has 2 atom stereocenters. The van der Waals surface area contributed by atoms with Crippen LogP contribution in [-0.4, -0.2) is 36.4 Å². The Kier molecular flexibility index (Phi) is 4.58. The summed E-state index contributed by atoms with van der Waals surface area (Å²) in [6.45, 7) is 2.23. The lowest BCUT2D eigenvalue weighted by Crippen LogP contribution is -2.51. The topological polar surface area (TPSA) is 35.5 Å². The first-order valence-corrected chi connectivity index (χ1v) is 8.07. The lowest BCUT2D eigenvalue weighted by molar-refractivity contribution is 0.0828. The molecule has 0 bridgehead atoms. The molecule has 1 aliphatic carbocycles. The standard InChI is InChI=1S/C17H26N2O/c20-17-9-5-4-8-16(17)18-14-10-12-19(13-11-14)15-6-2-1-3-7-15/h1-3,6-7,14,16-18,20H,4-5,8-13H2. The molecule has 0 radical (unpaired) electrons. The summed E-state index contributed by atoms with van der Waals surface area (Å²) < 4.78 is 0. The van der Waals surface area contributed by atoms with Crippen LogP contribution < -0.4 is 10.2 Å². The molecule has 110 valence electrons. The number of aliphatic hydroxyl groups is 1. The third kappa shape index (κ3) is 3.33. The summed E-state index contributed by atoms with van der Waals surface area (Å²) >= 11 is 0. The Morgan fingerprint density at radius 1 is 0.950 bits per heavy atom. The van der Waals surface area contributed by atoms with E-state index in [-0.39, 0.29) is 6.10 Å². The number of hydrogen-bond donors (Lipinski definition) is 2. The summed E-state index contributed by atoms with van der Waals surface area (Å²) in [7, 11) is 0. The molecule has 2 unspecified atom stereocenters. The van der Waals surface area contributed by atoms with Crippen LogP contribution in [0.2, 0.25) is 0 Å². The number of aliphatic hydroxyl groups excluding tert-OH is 1. The predicted molar refractivity (Wildman–Crippen MR) is 83.1 cm³/mol. The Morgan fingerprint density at radius 2 is 1.65 bits per heavy atom. The van der Waals surface area contributed by atoms with Crippen LogP contribution in [-0.2, 0) is 0 Å². The Morgan fingerprint density at radius 3 is 2.35 bits per heavy atom. The molecule has 1 aromatic rings. The van der Waals surface area contributed by atoms with Gasteiger partial charge in [0, 0.05) is 30.9 Å². The largest absolute Gasteiger partial charge is 0.392 e. The van der Waals surface area contributed by atoms with Crippen molar-refractivity contribution in [1.82, 2.24) is 5.32 Å². The summed E-state index contributed by atoms with van der Waals surface area (Å²) in [5, 5.41) is 13.8. The Balaban J connectivity index is 1.49. The van der Waals surface area contributed by atoms with E-state index in [4.69, 9.17) is 0 Å². The van der Waals surface area contributed by atoms with Crippen LogP contribution in [0.5, 0.6) is 0 Å². The number of hydrogen-bond acceptors (Lipinski definition) is 3. The third-order valence-electron chi connectivity index (χ3n) is 4.80. The lowest BCUT2D eigenvalue weighted by atomic mass is 9.91. The molecule has 1 heterocycles. The highest BCUT2D eigenvalue weighted by molar-refractivity contribution is 5.46. The van der Waals surface area contributed by atoms with Gasteiger partial charge in [0.1, 0.15) is 0 Å². The van der Waals surface area contributed by atoms with Gasteiger partial charge in [0.25, 0.3) is 0 Å².